The number of aromatic nitrogens is 5. The second kappa shape index (κ2) is 7.13. The summed E-state index contributed by atoms with van der Waals surface area (Å²) in [5.74, 6) is 0.752. The number of rotatable bonds is 7. The summed E-state index contributed by atoms with van der Waals surface area (Å²) in [5, 5.41) is 0. The Balaban J connectivity index is 2.32. The maximum Gasteiger partial charge on any atom is 0.332 e. The van der Waals surface area contributed by atoms with E-state index >= 15 is 0 Å². The van der Waals surface area contributed by atoms with E-state index < -0.39 is 0 Å². The van der Waals surface area contributed by atoms with Crippen molar-refractivity contribution in [3.8, 4) is 0 Å². The van der Waals surface area contributed by atoms with Crippen LogP contribution in [-0.2, 0) is 20.1 Å². The van der Waals surface area contributed by atoms with Crippen molar-refractivity contribution in [2.45, 2.75) is 72.9 Å². The second-order valence-corrected chi connectivity index (χ2v) is 7.10. The molecule has 3 aromatic rings. The highest BCUT2D eigenvalue weighted by molar-refractivity contribution is 5.76. The average molecular weight is 359 g/mol. The summed E-state index contributed by atoms with van der Waals surface area (Å²) in [7, 11) is 1.70. The molecule has 0 aliphatic carbocycles. The van der Waals surface area contributed by atoms with E-state index in [2.05, 4.69) is 30.3 Å². The van der Waals surface area contributed by atoms with E-state index in [-0.39, 0.29) is 11.2 Å². The minimum Gasteiger partial charge on any atom is -0.314 e. The molecule has 7 heteroatoms. The van der Waals surface area contributed by atoms with E-state index in [1.54, 1.807) is 7.05 Å². The Morgan fingerprint density at radius 2 is 1.54 bits per heavy atom. The van der Waals surface area contributed by atoms with Gasteiger partial charge in [0.05, 0.1) is 0 Å². The Morgan fingerprint density at radius 3 is 2.19 bits per heavy atom. The monoisotopic (exact) mass is 359 g/mol. The molecule has 0 N–H and O–H groups in total. The number of unbranched alkanes of at least 4 members (excludes halogenated alkanes) is 3. The lowest BCUT2D eigenvalue weighted by Crippen LogP contribution is -2.39. The lowest BCUT2D eigenvalue weighted by atomic mass is 10.2. The molecule has 0 saturated carbocycles. The van der Waals surface area contributed by atoms with Gasteiger partial charge >= 0.3 is 5.69 Å². The highest BCUT2D eigenvalue weighted by Gasteiger charge is 2.22. The minimum atomic E-state index is -0.283. The fourth-order valence-corrected chi connectivity index (χ4v) is 3.62. The van der Waals surface area contributed by atoms with Gasteiger partial charge in [0.25, 0.3) is 5.56 Å². The normalized spacial score (nSPS) is 11.9. The van der Waals surface area contributed by atoms with Crippen molar-refractivity contribution < 1.29 is 0 Å². The van der Waals surface area contributed by atoms with Crippen molar-refractivity contribution in [3.63, 3.8) is 0 Å². The molecule has 0 atom stereocenters. The topological polar surface area (TPSA) is 66.2 Å². The number of imidazole rings is 2. The lowest BCUT2D eigenvalue weighted by Gasteiger charge is -2.08. The van der Waals surface area contributed by atoms with E-state index in [1.807, 2.05) is 11.3 Å². The molecule has 0 aliphatic heterocycles. The van der Waals surface area contributed by atoms with Gasteiger partial charge in [-0.15, -0.1) is 0 Å². The summed E-state index contributed by atoms with van der Waals surface area (Å²) in [6.07, 6.45) is 5.02. The van der Waals surface area contributed by atoms with Crippen LogP contribution < -0.4 is 11.2 Å². The molecule has 0 amide bonds. The van der Waals surface area contributed by atoms with E-state index in [0.29, 0.717) is 17.7 Å². The predicted octanol–water partition coefficient (Wildman–Crippen LogP) is 2.76. The van der Waals surface area contributed by atoms with Crippen LogP contribution in [0.3, 0.4) is 0 Å². The van der Waals surface area contributed by atoms with Crippen molar-refractivity contribution >= 4 is 16.9 Å². The summed E-state index contributed by atoms with van der Waals surface area (Å²) >= 11 is 0. The Kier molecular flexibility index (Phi) is 5.07. The molecular weight excluding hydrogens is 330 g/mol. The Morgan fingerprint density at radius 1 is 0.885 bits per heavy atom. The summed E-state index contributed by atoms with van der Waals surface area (Å²) < 4.78 is 6.96. The third kappa shape index (κ3) is 2.70. The van der Waals surface area contributed by atoms with Gasteiger partial charge in [-0.25, -0.2) is 4.79 Å². The molecule has 0 saturated heterocycles. The Bertz CT molecular complexity index is 1060. The zero-order valence-electron chi connectivity index (χ0n) is 16.5. The van der Waals surface area contributed by atoms with Crippen LogP contribution >= 0.6 is 0 Å². The molecule has 3 rings (SSSR count). The highest BCUT2D eigenvalue weighted by Crippen LogP contribution is 2.21. The van der Waals surface area contributed by atoms with E-state index in [4.69, 9.17) is 0 Å². The van der Waals surface area contributed by atoms with Crippen LogP contribution in [-0.4, -0.2) is 23.1 Å². The summed E-state index contributed by atoms with van der Waals surface area (Å²) in [6, 6.07) is 0. The van der Waals surface area contributed by atoms with Crippen molar-refractivity contribution in [1.29, 1.82) is 0 Å². The zero-order valence-corrected chi connectivity index (χ0v) is 16.5. The number of hydrogen-bond donors (Lipinski definition) is 0. The first-order valence-electron chi connectivity index (χ1n) is 9.61. The third-order valence-electron chi connectivity index (χ3n) is 5.35. The van der Waals surface area contributed by atoms with Gasteiger partial charge in [0, 0.05) is 31.5 Å². The van der Waals surface area contributed by atoms with E-state index in [0.717, 1.165) is 55.8 Å². The van der Waals surface area contributed by atoms with Crippen LogP contribution in [0.15, 0.2) is 9.59 Å². The molecule has 0 aliphatic rings. The number of fused-ring (bicyclic) bond motifs is 3. The maximum absolute atomic E-state index is 13.1. The summed E-state index contributed by atoms with van der Waals surface area (Å²) in [6.45, 7) is 9.66. The van der Waals surface area contributed by atoms with E-state index in [1.165, 1.54) is 9.13 Å². The summed E-state index contributed by atoms with van der Waals surface area (Å²) in [5.41, 5.74) is 2.59. The first-order valence-corrected chi connectivity index (χ1v) is 9.61. The Labute approximate surface area is 152 Å². The predicted molar refractivity (Wildman–Crippen MR) is 104 cm³/mol. The molecular formula is C19H29N5O2. The molecule has 3 heterocycles. The smallest absolute Gasteiger partial charge is 0.314 e. The molecule has 142 valence electrons. The fraction of sp³-hybridized carbons (Fsp3) is 0.632. The quantitative estimate of drug-likeness (QED) is 0.609. The molecule has 0 spiro atoms. The molecule has 0 aromatic carbocycles. The van der Waals surface area contributed by atoms with Gasteiger partial charge in [-0.05, 0) is 26.7 Å². The van der Waals surface area contributed by atoms with Gasteiger partial charge in [0.15, 0.2) is 11.2 Å². The first-order chi connectivity index (χ1) is 12.4. The Hall–Kier alpha value is -2.31. The standard InChI is InChI=1S/C19H29N5O2/c1-6-8-10-12-23-17(25)15-16(21(5)19(23)26)20-18-22(11-9-7-2)13(3)14(4)24(15)18/h6-12H2,1-5H3. The first kappa shape index (κ1) is 18.5. The van der Waals surface area contributed by atoms with Crippen molar-refractivity contribution in [3.05, 3.63) is 32.2 Å². The number of aryl methyl sites for hydroxylation is 3. The minimum absolute atomic E-state index is 0.234. The van der Waals surface area contributed by atoms with Crippen LogP contribution in [0, 0.1) is 13.8 Å². The van der Waals surface area contributed by atoms with Crippen LogP contribution in [0.25, 0.3) is 16.9 Å². The largest absolute Gasteiger partial charge is 0.332 e. The SMILES string of the molecule is CCCCCn1c(=O)c2c(nc3n(CCCC)c(C)c(C)n23)n(C)c1=O. The second-order valence-electron chi connectivity index (χ2n) is 7.10. The van der Waals surface area contributed by atoms with Gasteiger partial charge < -0.3 is 4.57 Å². The van der Waals surface area contributed by atoms with Gasteiger partial charge in [0.1, 0.15) is 0 Å². The lowest BCUT2D eigenvalue weighted by molar-refractivity contribution is 0.550. The fourth-order valence-electron chi connectivity index (χ4n) is 3.62. The van der Waals surface area contributed by atoms with Crippen LogP contribution in [0.1, 0.15) is 57.3 Å². The molecule has 3 aromatic heterocycles. The molecule has 7 nitrogen and oxygen atoms in total. The van der Waals surface area contributed by atoms with Gasteiger partial charge in [-0.1, -0.05) is 33.1 Å². The van der Waals surface area contributed by atoms with Gasteiger partial charge in [-0.2, -0.15) is 4.98 Å². The van der Waals surface area contributed by atoms with Crippen LogP contribution in [0.4, 0.5) is 0 Å². The van der Waals surface area contributed by atoms with Gasteiger partial charge in [0.2, 0.25) is 5.78 Å². The average Bonchev–Trinajstić information content (AvgIpc) is 3.12. The van der Waals surface area contributed by atoms with Crippen molar-refractivity contribution in [2.24, 2.45) is 7.05 Å². The molecule has 0 radical (unpaired) electrons. The zero-order chi connectivity index (χ0) is 19.0. The molecule has 0 unspecified atom stereocenters. The maximum atomic E-state index is 13.1. The summed E-state index contributed by atoms with van der Waals surface area (Å²) in [4.78, 5) is 30.5. The van der Waals surface area contributed by atoms with Gasteiger partial charge in [-0.3, -0.25) is 18.3 Å². The number of hydrogen-bond acceptors (Lipinski definition) is 3. The van der Waals surface area contributed by atoms with Crippen molar-refractivity contribution in [2.75, 3.05) is 0 Å². The third-order valence-corrected chi connectivity index (χ3v) is 5.35. The van der Waals surface area contributed by atoms with E-state index in [9.17, 15) is 9.59 Å². The molecule has 0 fully saturated rings. The highest BCUT2D eigenvalue weighted by atomic mass is 16.2. The molecule has 0 bridgehead atoms. The molecule has 26 heavy (non-hydrogen) atoms. The number of nitrogens with zero attached hydrogens (tertiary/aromatic N) is 5. The van der Waals surface area contributed by atoms with Crippen LogP contribution in [0.2, 0.25) is 0 Å². The van der Waals surface area contributed by atoms with Crippen LogP contribution in [0.5, 0.6) is 0 Å². The van der Waals surface area contributed by atoms with Crippen molar-refractivity contribution in [1.82, 2.24) is 23.1 Å².